The number of halogens is 2. The van der Waals surface area contributed by atoms with Crippen LogP contribution in [0.1, 0.15) is 22.3 Å². The van der Waals surface area contributed by atoms with Crippen LogP contribution in [-0.4, -0.2) is 11.8 Å². The molecule has 0 saturated carbocycles. The van der Waals surface area contributed by atoms with Crippen LogP contribution in [-0.2, 0) is 9.59 Å². The van der Waals surface area contributed by atoms with Crippen LogP contribution in [0.4, 0.5) is 11.4 Å². The van der Waals surface area contributed by atoms with E-state index in [-0.39, 0.29) is 5.70 Å². The van der Waals surface area contributed by atoms with Gasteiger partial charge in [-0.3, -0.25) is 9.59 Å². The second kappa shape index (κ2) is 8.22. The highest BCUT2D eigenvalue weighted by Gasteiger charge is 2.40. The number of hydrogen-bond acceptors (Lipinski definition) is 3. The van der Waals surface area contributed by atoms with Crippen molar-refractivity contribution in [3.63, 3.8) is 0 Å². The Morgan fingerprint density at radius 1 is 0.742 bits per heavy atom. The summed E-state index contributed by atoms with van der Waals surface area (Å²) in [7, 11) is 0. The number of carbonyl (C=O) groups excluding carboxylic acids is 2. The number of amides is 2. The summed E-state index contributed by atoms with van der Waals surface area (Å²) in [6, 6.07) is 17.8. The maximum Gasteiger partial charge on any atom is 0.282 e. The average Bonchev–Trinajstić information content (AvgIpc) is 2.97. The van der Waals surface area contributed by atoms with Crippen LogP contribution in [0.2, 0.25) is 10.0 Å². The van der Waals surface area contributed by atoms with E-state index in [0.29, 0.717) is 32.6 Å². The highest BCUT2D eigenvalue weighted by molar-refractivity contribution is 6.46. The topological polar surface area (TPSA) is 49.4 Å². The summed E-state index contributed by atoms with van der Waals surface area (Å²) >= 11 is 12.3. The first-order valence-corrected chi connectivity index (χ1v) is 10.5. The van der Waals surface area contributed by atoms with Gasteiger partial charge in [0.2, 0.25) is 0 Å². The van der Waals surface area contributed by atoms with Crippen molar-refractivity contribution >= 4 is 52.0 Å². The highest BCUT2D eigenvalue weighted by Crippen LogP contribution is 2.35. The minimum Gasteiger partial charge on any atom is -0.350 e. The van der Waals surface area contributed by atoms with Crippen LogP contribution in [0, 0.1) is 20.8 Å². The summed E-state index contributed by atoms with van der Waals surface area (Å²) in [4.78, 5) is 28.0. The van der Waals surface area contributed by atoms with Gasteiger partial charge in [-0.15, -0.1) is 0 Å². The molecular formula is C25H20Cl2N2O2. The third kappa shape index (κ3) is 3.97. The zero-order chi connectivity index (χ0) is 22.3. The molecule has 3 aromatic carbocycles. The van der Waals surface area contributed by atoms with E-state index in [1.165, 1.54) is 4.90 Å². The van der Waals surface area contributed by atoms with Crippen molar-refractivity contribution in [2.45, 2.75) is 20.8 Å². The molecule has 0 atom stereocenters. The second-order valence-electron chi connectivity index (χ2n) is 7.56. The quantitative estimate of drug-likeness (QED) is 0.473. The molecule has 0 aliphatic carbocycles. The van der Waals surface area contributed by atoms with Crippen LogP contribution >= 0.6 is 23.2 Å². The number of carbonyl (C=O) groups is 2. The monoisotopic (exact) mass is 450 g/mol. The molecule has 0 aromatic heterocycles. The summed E-state index contributed by atoms with van der Waals surface area (Å²) in [5, 5.41) is 4.24. The second-order valence-corrected chi connectivity index (χ2v) is 8.40. The van der Waals surface area contributed by atoms with Crippen molar-refractivity contribution in [1.82, 2.24) is 0 Å². The van der Waals surface area contributed by atoms with E-state index in [4.69, 9.17) is 23.2 Å². The van der Waals surface area contributed by atoms with Gasteiger partial charge in [-0.1, -0.05) is 47.5 Å². The fourth-order valence-corrected chi connectivity index (χ4v) is 3.76. The van der Waals surface area contributed by atoms with Crippen LogP contribution in [0.15, 0.2) is 66.4 Å². The first-order chi connectivity index (χ1) is 14.8. The number of anilines is 2. The largest absolute Gasteiger partial charge is 0.350 e. The van der Waals surface area contributed by atoms with Crippen LogP contribution in [0.5, 0.6) is 0 Å². The van der Waals surface area contributed by atoms with E-state index in [9.17, 15) is 9.59 Å². The van der Waals surface area contributed by atoms with Crippen molar-refractivity contribution in [3.05, 3.63) is 98.7 Å². The fraction of sp³-hybridized carbons (Fsp3) is 0.120. The van der Waals surface area contributed by atoms with Crippen molar-refractivity contribution in [1.29, 1.82) is 0 Å². The zero-order valence-electron chi connectivity index (χ0n) is 17.3. The molecule has 4 rings (SSSR count). The van der Waals surface area contributed by atoms with E-state index >= 15 is 0 Å². The SMILES string of the molecule is Cc1ccc(C2=C(Nc3ccc(C)c(Cl)c3)C(=O)N(c3ccc(Cl)cc3)C2=O)cc1C. The lowest BCUT2D eigenvalue weighted by atomic mass is 9.99. The predicted octanol–water partition coefficient (Wildman–Crippen LogP) is 6.32. The van der Waals surface area contributed by atoms with Gasteiger partial charge < -0.3 is 5.32 Å². The third-order valence-corrected chi connectivity index (χ3v) is 6.06. The standard InChI is InChI=1S/C25H20Cl2N2O2/c1-14-4-6-17(12-16(14)3)22-23(28-19-9-5-15(2)21(27)13-19)25(31)29(24(22)30)20-10-7-18(26)8-11-20/h4-13,28H,1-3H3. The van der Waals surface area contributed by atoms with Crippen molar-refractivity contribution in [2.75, 3.05) is 10.2 Å². The minimum absolute atomic E-state index is 0.211. The Morgan fingerprint density at radius 3 is 2.06 bits per heavy atom. The van der Waals surface area contributed by atoms with E-state index < -0.39 is 11.8 Å². The van der Waals surface area contributed by atoms with E-state index in [0.717, 1.165) is 16.7 Å². The molecule has 1 N–H and O–H groups in total. The van der Waals surface area contributed by atoms with Crippen molar-refractivity contribution < 1.29 is 9.59 Å². The normalized spacial score (nSPS) is 13.9. The van der Waals surface area contributed by atoms with E-state index in [1.807, 2.05) is 51.1 Å². The summed E-state index contributed by atoms with van der Waals surface area (Å²) in [5.74, 6) is -0.825. The lowest BCUT2D eigenvalue weighted by Gasteiger charge is -2.15. The fourth-order valence-electron chi connectivity index (χ4n) is 3.45. The first kappa shape index (κ1) is 21.2. The molecule has 6 heteroatoms. The Labute approximate surface area is 191 Å². The van der Waals surface area contributed by atoms with Gasteiger partial charge in [-0.2, -0.15) is 0 Å². The van der Waals surface area contributed by atoms with Crippen molar-refractivity contribution in [3.8, 4) is 0 Å². The summed E-state index contributed by atoms with van der Waals surface area (Å²) in [6.45, 7) is 5.88. The van der Waals surface area contributed by atoms with Gasteiger partial charge in [0.05, 0.1) is 11.3 Å². The number of benzene rings is 3. The maximum atomic E-state index is 13.5. The van der Waals surface area contributed by atoms with Crippen LogP contribution < -0.4 is 10.2 Å². The number of imide groups is 1. The van der Waals surface area contributed by atoms with Crippen molar-refractivity contribution in [2.24, 2.45) is 0 Å². The Morgan fingerprint density at radius 2 is 1.42 bits per heavy atom. The van der Waals surface area contributed by atoms with Gasteiger partial charge in [0.15, 0.2) is 0 Å². The van der Waals surface area contributed by atoms with Crippen LogP contribution in [0.25, 0.3) is 5.57 Å². The molecule has 3 aromatic rings. The summed E-state index contributed by atoms with van der Waals surface area (Å²) in [5.41, 5.74) is 5.36. The van der Waals surface area contributed by atoms with Crippen LogP contribution in [0.3, 0.4) is 0 Å². The predicted molar refractivity (Wildman–Crippen MR) is 127 cm³/mol. The molecule has 0 fully saturated rings. The smallest absolute Gasteiger partial charge is 0.282 e. The Kier molecular flexibility index (Phi) is 5.61. The zero-order valence-corrected chi connectivity index (χ0v) is 18.8. The van der Waals surface area contributed by atoms with Gasteiger partial charge >= 0.3 is 0 Å². The lowest BCUT2D eigenvalue weighted by Crippen LogP contribution is -2.32. The Balaban J connectivity index is 1.84. The van der Waals surface area contributed by atoms with Gasteiger partial charge in [0.25, 0.3) is 11.8 Å². The molecule has 156 valence electrons. The summed E-state index contributed by atoms with van der Waals surface area (Å²) in [6.07, 6.45) is 0. The Hall–Kier alpha value is -3.08. The number of nitrogens with one attached hydrogen (secondary N) is 1. The minimum atomic E-state index is -0.433. The maximum absolute atomic E-state index is 13.5. The molecule has 0 saturated heterocycles. The molecule has 4 nitrogen and oxygen atoms in total. The van der Waals surface area contributed by atoms with Gasteiger partial charge in [-0.25, -0.2) is 4.90 Å². The molecule has 2 amide bonds. The molecule has 0 unspecified atom stereocenters. The van der Waals surface area contributed by atoms with Gasteiger partial charge in [0, 0.05) is 15.7 Å². The number of aryl methyl sites for hydroxylation is 3. The number of rotatable bonds is 4. The molecular weight excluding hydrogens is 431 g/mol. The Bertz CT molecular complexity index is 1250. The lowest BCUT2D eigenvalue weighted by molar-refractivity contribution is -0.120. The third-order valence-electron chi connectivity index (χ3n) is 5.41. The molecule has 1 heterocycles. The van der Waals surface area contributed by atoms with Gasteiger partial charge in [-0.05, 0) is 79.4 Å². The average molecular weight is 451 g/mol. The number of nitrogens with zero attached hydrogens (tertiary/aromatic N) is 1. The highest BCUT2D eigenvalue weighted by atomic mass is 35.5. The van der Waals surface area contributed by atoms with Gasteiger partial charge in [0.1, 0.15) is 5.70 Å². The molecule has 1 aliphatic rings. The molecule has 0 bridgehead atoms. The molecule has 1 aliphatic heterocycles. The van der Waals surface area contributed by atoms with E-state index in [2.05, 4.69) is 5.32 Å². The molecule has 31 heavy (non-hydrogen) atoms. The summed E-state index contributed by atoms with van der Waals surface area (Å²) < 4.78 is 0. The van der Waals surface area contributed by atoms with E-state index in [1.54, 1.807) is 30.3 Å². The number of hydrogen-bond donors (Lipinski definition) is 1. The molecule has 0 radical (unpaired) electrons. The molecule has 0 spiro atoms. The first-order valence-electron chi connectivity index (χ1n) is 9.75.